The maximum absolute atomic E-state index is 6.32. The van der Waals surface area contributed by atoms with Crippen molar-refractivity contribution in [1.29, 1.82) is 0 Å². The average Bonchev–Trinajstić information content (AvgIpc) is 3.53. The second-order valence-electron chi connectivity index (χ2n) is 16.5. The summed E-state index contributed by atoms with van der Waals surface area (Å²) >= 11 is 0. The van der Waals surface area contributed by atoms with Crippen LogP contribution in [0.25, 0.3) is 45.2 Å². The number of rotatable bonds is 5. The Bertz CT molecular complexity index is 3160. The minimum atomic E-state index is -0.176. The Morgan fingerprint density at radius 1 is 0.377 bits per heavy atom. The van der Waals surface area contributed by atoms with Crippen LogP contribution in [0.1, 0.15) is 36.1 Å². The molecule has 0 radical (unpaired) electrons. The first-order valence-corrected chi connectivity index (χ1v) is 20.9. The number of hydrogen-bond donors (Lipinski definition) is 0. The van der Waals surface area contributed by atoms with Crippen molar-refractivity contribution in [2.75, 3.05) is 9.80 Å². The lowest BCUT2D eigenvalue weighted by Gasteiger charge is -2.33. The van der Waals surface area contributed by atoms with E-state index in [0.717, 1.165) is 62.7 Å². The van der Waals surface area contributed by atoms with Gasteiger partial charge in [-0.05, 0) is 117 Å². The summed E-state index contributed by atoms with van der Waals surface area (Å²) in [5, 5.41) is 2.39. The highest BCUT2D eigenvalue weighted by Gasteiger charge is 2.37. The van der Waals surface area contributed by atoms with E-state index in [1.54, 1.807) is 0 Å². The Morgan fingerprint density at radius 3 is 1.44 bits per heavy atom. The van der Waals surface area contributed by atoms with Crippen molar-refractivity contribution in [1.82, 2.24) is 0 Å². The smallest absolute Gasteiger partial charge is 0.151 e. The fourth-order valence-corrected chi connectivity index (χ4v) is 9.63. The molecular formula is C57H40N2O2. The van der Waals surface area contributed by atoms with Crippen LogP contribution < -0.4 is 19.3 Å². The quantitative estimate of drug-likeness (QED) is 0.162. The van der Waals surface area contributed by atoms with Gasteiger partial charge in [0.15, 0.2) is 23.0 Å². The van der Waals surface area contributed by atoms with Gasteiger partial charge in [-0.3, -0.25) is 0 Å². The molecule has 0 amide bonds. The number of anilines is 6. The molecule has 9 aromatic rings. The lowest BCUT2D eigenvalue weighted by molar-refractivity contribution is 0.477. The summed E-state index contributed by atoms with van der Waals surface area (Å²) in [5.41, 5.74) is 16.2. The number of benzene rings is 9. The van der Waals surface area contributed by atoms with Gasteiger partial charge >= 0.3 is 0 Å². The third-order valence-corrected chi connectivity index (χ3v) is 12.6. The van der Waals surface area contributed by atoms with E-state index in [4.69, 9.17) is 9.47 Å². The Kier molecular flexibility index (Phi) is 7.85. The molecule has 0 saturated carbocycles. The van der Waals surface area contributed by atoms with Gasteiger partial charge < -0.3 is 19.3 Å². The molecule has 2 aliphatic heterocycles. The van der Waals surface area contributed by atoms with Crippen molar-refractivity contribution in [2.45, 2.75) is 19.3 Å². The van der Waals surface area contributed by atoms with Crippen LogP contribution in [0, 0.1) is 0 Å². The van der Waals surface area contributed by atoms with Gasteiger partial charge in [0.1, 0.15) is 0 Å². The second-order valence-corrected chi connectivity index (χ2v) is 16.5. The molecule has 1 aliphatic carbocycles. The fourth-order valence-electron chi connectivity index (χ4n) is 9.63. The summed E-state index contributed by atoms with van der Waals surface area (Å²) in [5.74, 6) is 3.42. The highest BCUT2D eigenvalue weighted by molar-refractivity contribution is 6.07. The summed E-state index contributed by atoms with van der Waals surface area (Å²) in [4.78, 5) is 4.66. The monoisotopic (exact) mass is 784 g/mol. The van der Waals surface area contributed by atoms with Crippen LogP contribution in [-0.2, 0) is 5.41 Å². The van der Waals surface area contributed by atoms with Gasteiger partial charge in [0.05, 0.1) is 28.4 Å². The van der Waals surface area contributed by atoms with Gasteiger partial charge in [-0.2, -0.15) is 0 Å². The molecule has 290 valence electrons. The minimum Gasteiger partial charge on any atom is -0.453 e. The Hall–Kier alpha value is -7.82. The Balaban J connectivity index is 0.832. The maximum atomic E-state index is 6.32. The first kappa shape index (κ1) is 35.2. The van der Waals surface area contributed by atoms with Gasteiger partial charge in [-0.25, -0.2) is 0 Å². The molecule has 4 heteroatoms. The summed E-state index contributed by atoms with van der Waals surface area (Å²) in [7, 11) is 0. The van der Waals surface area contributed by atoms with Gasteiger partial charge in [0.2, 0.25) is 0 Å². The Morgan fingerprint density at radius 2 is 0.836 bits per heavy atom. The van der Waals surface area contributed by atoms with E-state index in [0.29, 0.717) is 0 Å². The molecule has 0 aromatic heterocycles. The fraction of sp³-hybridized carbons (Fsp3) is 0.0526. The molecule has 0 fully saturated rings. The largest absolute Gasteiger partial charge is 0.453 e. The van der Waals surface area contributed by atoms with Crippen molar-refractivity contribution in [3.63, 3.8) is 0 Å². The summed E-state index contributed by atoms with van der Waals surface area (Å²) in [6.45, 7) is 4.70. The van der Waals surface area contributed by atoms with Gasteiger partial charge in [0.25, 0.3) is 0 Å². The molecule has 3 aliphatic rings. The molecule has 4 nitrogen and oxygen atoms in total. The number of nitrogens with zero attached hydrogens (tertiary/aromatic N) is 2. The predicted octanol–water partition coefficient (Wildman–Crippen LogP) is 16.1. The van der Waals surface area contributed by atoms with Crippen LogP contribution in [0.15, 0.2) is 194 Å². The standard InChI is InChI=1S/C57H40N2O2/c1-57(2)46-35-38(27-31-43(46)44-32-30-40(36-47(44)57)58-49-15-5-9-19-53(49)60-54-20-10-6-16-50(54)58)24-23-37-25-28-39(29-26-37)41-33-34-48(45-14-4-3-13-42(41)45)59-51-17-7-11-21-55(51)61-56-22-12-8-18-52(56)59/h3-36H,1-2H3/b24-23+. The van der Waals surface area contributed by atoms with Gasteiger partial charge in [0, 0.05) is 16.5 Å². The first-order valence-electron chi connectivity index (χ1n) is 20.9. The first-order chi connectivity index (χ1) is 30.0. The van der Waals surface area contributed by atoms with Crippen LogP contribution in [0.2, 0.25) is 0 Å². The highest BCUT2D eigenvalue weighted by atomic mass is 16.5. The normalized spacial score (nSPS) is 14.0. The molecule has 0 spiro atoms. The lowest BCUT2D eigenvalue weighted by Crippen LogP contribution is -2.18. The zero-order valence-electron chi connectivity index (χ0n) is 33.8. The SMILES string of the molecule is CC1(C)c2cc(/C=C/c3ccc(-c4ccc(N5c6ccccc6Oc6ccccc65)c5ccccc45)cc3)ccc2-c2ccc(N3c4ccccc4Oc4ccccc43)cc21. The van der Waals surface area contributed by atoms with Crippen LogP contribution >= 0.6 is 0 Å². The summed E-state index contributed by atoms with van der Waals surface area (Å²) < 4.78 is 12.6. The summed E-state index contributed by atoms with van der Waals surface area (Å²) in [6, 6.07) is 69.1. The van der Waals surface area contributed by atoms with E-state index in [1.165, 1.54) is 49.7 Å². The van der Waals surface area contributed by atoms with Gasteiger partial charge in [-0.15, -0.1) is 0 Å². The molecule has 0 atom stereocenters. The van der Waals surface area contributed by atoms with E-state index >= 15 is 0 Å². The molecule has 12 rings (SSSR count). The molecule has 0 unspecified atom stereocenters. The van der Waals surface area contributed by atoms with Gasteiger partial charge in [-0.1, -0.05) is 153 Å². The third-order valence-electron chi connectivity index (χ3n) is 12.6. The zero-order chi connectivity index (χ0) is 40.7. The maximum Gasteiger partial charge on any atom is 0.151 e. The molecule has 61 heavy (non-hydrogen) atoms. The molecule has 0 saturated heterocycles. The third kappa shape index (κ3) is 5.60. The van der Waals surface area contributed by atoms with Crippen molar-refractivity contribution < 1.29 is 9.47 Å². The van der Waals surface area contributed by atoms with E-state index in [1.807, 2.05) is 48.5 Å². The minimum absolute atomic E-state index is 0.176. The number of hydrogen-bond acceptors (Lipinski definition) is 4. The molecular weight excluding hydrogens is 745 g/mol. The Labute approximate surface area is 355 Å². The van der Waals surface area contributed by atoms with Crippen LogP contribution in [0.5, 0.6) is 23.0 Å². The number of para-hydroxylation sites is 8. The lowest BCUT2D eigenvalue weighted by atomic mass is 9.81. The van der Waals surface area contributed by atoms with Crippen molar-refractivity contribution in [2.24, 2.45) is 0 Å². The van der Waals surface area contributed by atoms with Crippen LogP contribution in [-0.4, -0.2) is 0 Å². The highest BCUT2D eigenvalue weighted by Crippen LogP contribution is 2.55. The van der Waals surface area contributed by atoms with Crippen LogP contribution in [0.4, 0.5) is 34.1 Å². The van der Waals surface area contributed by atoms with E-state index in [9.17, 15) is 0 Å². The van der Waals surface area contributed by atoms with Crippen molar-refractivity contribution in [3.05, 3.63) is 216 Å². The summed E-state index contributed by atoms with van der Waals surface area (Å²) in [6.07, 6.45) is 4.46. The molecule has 2 heterocycles. The zero-order valence-corrected chi connectivity index (χ0v) is 33.8. The molecule has 0 bridgehead atoms. The number of fused-ring (bicyclic) bond motifs is 8. The molecule has 0 N–H and O–H groups in total. The van der Waals surface area contributed by atoms with Crippen molar-refractivity contribution in [3.8, 4) is 45.3 Å². The van der Waals surface area contributed by atoms with E-state index in [2.05, 4.69) is 181 Å². The van der Waals surface area contributed by atoms with E-state index < -0.39 is 0 Å². The number of ether oxygens (including phenoxy) is 2. The van der Waals surface area contributed by atoms with Crippen LogP contribution in [0.3, 0.4) is 0 Å². The topological polar surface area (TPSA) is 24.9 Å². The van der Waals surface area contributed by atoms with E-state index in [-0.39, 0.29) is 5.41 Å². The second kappa shape index (κ2) is 13.6. The van der Waals surface area contributed by atoms with Crippen molar-refractivity contribution >= 4 is 57.0 Å². The molecule has 9 aromatic carbocycles. The predicted molar refractivity (Wildman–Crippen MR) is 252 cm³/mol. The average molecular weight is 785 g/mol.